The highest BCUT2D eigenvalue weighted by molar-refractivity contribution is 6.09. The Morgan fingerprint density at radius 3 is 1.18 bits per heavy atom. The summed E-state index contributed by atoms with van der Waals surface area (Å²) in [5, 5.41) is 2.54. The number of aromatic nitrogens is 2. The number of rotatable bonds is 6. The number of hydrogen-bond donors (Lipinski definition) is 0. The third-order valence-corrected chi connectivity index (χ3v) is 9.37. The zero-order chi connectivity index (χ0) is 32.6. The van der Waals surface area contributed by atoms with Crippen LogP contribution in [0.4, 0.5) is 0 Å². The molecule has 0 amide bonds. The molecule has 9 aromatic rings. The molecule has 0 aliphatic heterocycles. The second kappa shape index (κ2) is 12.3. The molecule has 49 heavy (non-hydrogen) atoms. The molecule has 0 aliphatic rings. The van der Waals surface area contributed by atoms with Crippen LogP contribution in [0.3, 0.4) is 0 Å². The summed E-state index contributed by atoms with van der Waals surface area (Å²) in [5.41, 5.74) is 14.8. The molecule has 0 fully saturated rings. The van der Waals surface area contributed by atoms with Crippen LogP contribution >= 0.6 is 0 Å². The van der Waals surface area contributed by atoms with E-state index in [4.69, 9.17) is 4.98 Å². The average Bonchev–Trinajstić information content (AvgIpc) is 3.53. The monoisotopic (exact) mass is 624 g/mol. The molecule has 0 aliphatic carbocycles. The van der Waals surface area contributed by atoms with E-state index in [0.29, 0.717) is 0 Å². The molecular formula is C47H32N2. The molecule has 7 aromatic carbocycles. The summed E-state index contributed by atoms with van der Waals surface area (Å²) in [6, 6.07) is 69.2. The summed E-state index contributed by atoms with van der Waals surface area (Å²) in [7, 11) is 0. The summed E-state index contributed by atoms with van der Waals surface area (Å²) < 4.78 is 2.38. The summed E-state index contributed by atoms with van der Waals surface area (Å²) in [6.07, 6.45) is 0. The van der Waals surface area contributed by atoms with Crippen molar-refractivity contribution in [2.45, 2.75) is 0 Å². The zero-order valence-electron chi connectivity index (χ0n) is 26.9. The van der Waals surface area contributed by atoms with Gasteiger partial charge in [0.2, 0.25) is 0 Å². The van der Waals surface area contributed by atoms with Gasteiger partial charge in [-0.15, -0.1) is 0 Å². The van der Waals surface area contributed by atoms with Crippen molar-refractivity contribution in [3.8, 4) is 61.6 Å². The minimum Gasteiger partial charge on any atom is -0.309 e. The standard InChI is InChI=1S/C47H32N2/c1-3-14-33(15-4-1)44-31-40(32-45(48-44)34-16-5-2-6-17-34)38-21-12-19-36(29-38)35-18-11-20-37(28-35)39-22-13-23-41(30-39)49-46-26-9-7-24-42(46)43-25-8-10-27-47(43)49/h1-32H. The van der Waals surface area contributed by atoms with Crippen molar-refractivity contribution in [3.63, 3.8) is 0 Å². The fourth-order valence-corrected chi connectivity index (χ4v) is 6.99. The Hall–Kier alpha value is -6.51. The predicted octanol–water partition coefficient (Wildman–Crippen LogP) is 12.5. The lowest BCUT2D eigenvalue weighted by molar-refractivity contribution is 1.18. The summed E-state index contributed by atoms with van der Waals surface area (Å²) in [5.74, 6) is 0. The van der Waals surface area contributed by atoms with Crippen molar-refractivity contribution >= 4 is 21.8 Å². The SMILES string of the molecule is c1ccc(-c2cc(-c3cccc(-c4cccc(-c5cccc(-n6c7ccccc7c7ccccc76)c5)c4)c3)cc(-c3ccccc3)n2)cc1. The molecule has 0 unspecified atom stereocenters. The molecular weight excluding hydrogens is 593 g/mol. The lowest BCUT2D eigenvalue weighted by Crippen LogP contribution is -1.94. The molecule has 0 atom stereocenters. The van der Waals surface area contributed by atoms with E-state index in [2.05, 4.69) is 187 Å². The number of pyridine rings is 1. The zero-order valence-corrected chi connectivity index (χ0v) is 26.9. The molecule has 2 aromatic heterocycles. The van der Waals surface area contributed by atoms with Gasteiger partial charge in [-0.3, -0.25) is 0 Å². The van der Waals surface area contributed by atoms with Crippen LogP contribution < -0.4 is 0 Å². The number of nitrogens with zero attached hydrogens (tertiary/aromatic N) is 2. The van der Waals surface area contributed by atoms with Gasteiger partial charge in [0.25, 0.3) is 0 Å². The van der Waals surface area contributed by atoms with Crippen LogP contribution in [0.25, 0.3) is 83.4 Å². The number of benzene rings is 7. The molecule has 2 nitrogen and oxygen atoms in total. The lowest BCUT2D eigenvalue weighted by atomic mass is 9.95. The van der Waals surface area contributed by atoms with Gasteiger partial charge in [-0.05, 0) is 81.9 Å². The molecule has 0 radical (unpaired) electrons. The van der Waals surface area contributed by atoms with Crippen LogP contribution in [0, 0.1) is 0 Å². The first-order chi connectivity index (χ1) is 24.3. The van der Waals surface area contributed by atoms with Gasteiger partial charge in [0.1, 0.15) is 0 Å². The Labute approximate surface area is 286 Å². The van der Waals surface area contributed by atoms with E-state index >= 15 is 0 Å². The van der Waals surface area contributed by atoms with E-state index in [9.17, 15) is 0 Å². The first-order valence-corrected chi connectivity index (χ1v) is 16.7. The maximum Gasteiger partial charge on any atom is 0.0715 e. The van der Waals surface area contributed by atoms with E-state index < -0.39 is 0 Å². The van der Waals surface area contributed by atoms with Gasteiger partial charge < -0.3 is 4.57 Å². The van der Waals surface area contributed by atoms with Crippen LogP contribution in [0.15, 0.2) is 194 Å². The van der Waals surface area contributed by atoms with E-state index in [0.717, 1.165) is 39.3 Å². The van der Waals surface area contributed by atoms with Gasteiger partial charge in [-0.2, -0.15) is 0 Å². The normalized spacial score (nSPS) is 11.3. The Balaban J connectivity index is 1.11. The molecule has 0 N–H and O–H groups in total. The molecule has 2 heteroatoms. The van der Waals surface area contributed by atoms with Gasteiger partial charge in [-0.1, -0.05) is 146 Å². The van der Waals surface area contributed by atoms with E-state index in [-0.39, 0.29) is 0 Å². The summed E-state index contributed by atoms with van der Waals surface area (Å²) >= 11 is 0. The van der Waals surface area contributed by atoms with Gasteiger partial charge in [0, 0.05) is 27.6 Å². The summed E-state index contributed by atoms with van der Waals surface area (Å²) in [4.78, 5) is 5.08. The first kappa shape index (κ1) is 28.7. The highest BCUT2D eigenvalue weighted by Gasteiger charge is 2.13. The van der Waals surface area contributed by atoms with E-state index in [1.54, 1.807) is 0 Å². The van der Waals surface area contributed by atoms with Crippen molar-refractivity contribution < 1.29 is 0 Å². The molecule has 2 heterocycles. The second-order valence-corrected chi connectivity index (χ2v) is 12.4. The van der Waals surface area contributed by atoms with Crippen molar-refractivity contribution in [2.75, 3.05) is 0 Å². The Morgan fingerprint density at radius 1 is 0.286 bits per heavy atom. The third-order valence-electron chi connectivity index (χ3n) is 9.37. The van der Waals surface area contributed by atoms with E-state index in [1.807, 2.05) is 12.1 Å². The largest absolute Gasteiger partial charge is 0.309 e. The van der Waals surface area contributed by atoms with E-state index in [1.165, 1.54) is 44.1 Å². The van der Waals surface area contributed by atoms with Gasteiger partial charge >= 0.3 is 0 Å². The van der Waals surface area contributed by atoms with Crippen LogP contribution in [0.5, 0.6) is 0 Å². The second-order valence-electron chi connectivity index (χ2n) is 12.4. The minimum absolute atomic E-state index is 0.965. The predicted molar refractivity (Wildman–Crippen MR) is 206 cm³/mol. The fraction of sp³-hybridized carbons (Fsp3) is 0. The van der Waals surface area contributed by atoms with Crippen LogP contribution in [0.1, 0.15) is 0 Å². The highest BCUT2D eigenvalue weighted by Crippen LogP contribution is 2.36. The smallest absolute Gasteiger partial charge is 0.0715 e. The fourth-order valence-electron chi connectivity index (χ4n) is 6.99. The number of para-hydroxylation sites is 2. The van der Waals surface area contributed by atoms with Crippen molar-refractivity contribution in [3.05, 3.63) is 194 Å². The number of fused-ring (bicyclic) bond motifs is 3. The summed E-state index contributed by atoms with van der Waals surface area (Å²) in [6.45, 7) is 0. The maximum absolute atomic E-state index is 5.08. The van der Waals surface area contributed by atoms with Gasteiger partial charge in [-0.25, -0.2) is 4.98 Å². The highest BCUT2D eigenvalue weighted by atomic mass is 15.0. The third kappa shape index (κ3) is 5.40. The molecule has 0 spiro atoms. The average molecular weight is 625 g/mol. The Bertz CT molecular complexity index is 2490. The molecule has 0 saturated carbocycles. The van der Waals surface area contributed by atoms with Crippen molar-refractivity contribution in [1.29, 1.82) is 0 Å². The first-order valence-electron chi connectivity index (χ1n) is 16.7. The molecule has 0 bridgehead atoms. The van der Waals surface area contributed by atoms with Crippen LogP contribution in [-0.4, -0.2) is 9.55 Å². The van der Waals surface area contributed by atoms with Crippen molar-refractivity contribution in [1.82, 2.24) is 9.55 Å². The quantitative estimate of drug-likeness (QED) is 0.180. The number of hydrogen-bond acceptors (Lipinski definition) is 1. The van der Waals surface area contributed by atoms with Crippen molar-refractivity contribution in [2.24, 2.45) is 0 Å². The van der Waals surface area contributed by atoms with Gasteiger partial charge in [0.05, 0.1) is 22.4 Å². The maximum atomic E-state index is 5.08. The topological polar surface area (TPSA) is 17.8 Å². The molecule has 0 saturated heterocycles. The molecule has 230 valence electrons. The minimum atomic E-state index is 0.965. The molecule has 9 rings (SSSR count). The van der Waals surface area contributed by atoms with Crippen LogP contribution in [0.2, 0.25) is 0 Å². The Kier molecular flexibility index (Phi) is 7.18. The lowest BCUT2D eigenvalue weighted by Gasteiger charge is -2.13. The Morgan fingerprint density at radius 2 is 0.673 bits per heavy atom. The van der Waals surface area contributed by atoms with Gasteiger partial charge in [0.15, 0.2) is 0 Å². The van der Waals surface area contributed by atoms with Crippen LogP contribution in [-0.2, 0) is 0 Å².